The van der Waals surface area contributed by atoms with Crippen LogP contribution >= 0.6 is 0 Å². The standard InChI is InChI=1S/C28H56O4Si/c1-8-10-12-17-25(18-13-11-9-2)22-24-31-27(30)21-16-20-26(29)19-14-15-23-32-33(6,7)28(3,4)5/h25H,8-24H2,1-7H3. The number of carbonyl (C=O) groups excluding carboxylic acids is 2. The fourth-order valence-corrected chi connectivity index (χ4v) is 4.82. The molecule has 0 N–H and O–H groups in total. The Bertz CT molecular complexity index is 501. The minimum absolute atomic E-state index is 0.147. The third kappa shape index (κ3) is 17.4. The van der Waals surface area contributed by atoms with Crippen LogP contribution in [0.3, 0.4) is 0 Å². The number of carbonyl (C=O) groups is 2. The highest BCUT2D eigenvalue weighted by Gasteiger charge is 2.36. The van der Waals surface area contributed by atoms with Gasteiger partial charge in [0.15, 0.2) is 8.32 Å². The second kappa shape index (κ2) is 18.6. The number of rotatable bonds is 21. The molecule has 0 unspecified atom stereocenters. The summed E-state index contributed by atoms with van der Waals surface area (Å²) in [6, 6.07) is 0. The van der Waals surface area contributed by atoms with E-state index in [9.17, 15) is 9.59 Å². The lowest BCUT2D eigenvalue weighted by molar-refractivity contribution is -0.144. The Hall–Kier alpha value is -0.683. The highest BCUT2D eigenvalue weighted by atomic mass is 28.4. The molecule has 0 radical (unpaired) electrons. The van der Waals surface area contributed by atoms with Crippen LogP contribution in [0.4, 0.5) is 0 Å². The van der Waals surface area contributed by atoms with Crippen LogP contribution in [0, 0.1) is 5.92 Å². The van der Waals surface area contributed by atoms with Crippen molar-refractivity contribution in [3.8, 4) is 0 Å². The molecule has 4 nitrogen and oxygen atoms in total. The van der Waals surface area contributed by atoms with Gasteiger partial charge in [-0.05, 0) is 49.7 Å². The molecule has 0 aromatic carbocycles. The van der Waals surface area contributed by atoms with Crippen molar-refractivity contribution in [3.63, 3.8) is 0 Å². The topological polar surface area (TPSA) is 52.6 Å². The number of hydrogen-bond acceptors (Lipinski definition) is 4. The molecular weight excluding hydrogens is 428 g/mol. The Morgan fingerprint density at radius 1 is 0.727 bits per heavy atom. The average Bonchev–Trinajstić information content (AvgIpc) is 2.72. The Morgan fingerprint density at radius 2 is 1.30 bits per heavy atom. The van der Waals surface area contributed by atoms with Crippen molar-refractivity contribution in [2.24, 2.45) is 5.92 Å². The van der Waals surface area contributed by atoms with Crippen molar-refractivity contribution in [3.05, 3.63) is 0 Å². The molecule has 0 saturated carbocycles. The fourth-order valence-electron chi connectivity index (χ4n) is 3.73. The molecule has 0 amide bonds. The molecule has 0 bridgehead atoms. The molecule has 5 heteroatoms. The van der Waals surface area contributed by atoms with E-state index in [1.165, 1.54) is 51.4 Å². The van der Waals surface area contributed by atoms with Gasteiger partial charge in [0.2, 0.25) is 0 Å². The SMILES string of the molecule is CCCCCC(CCCCC)CCOC(=O)CCCC(=O)CCCCO[Si](C)(C)C(C)(C)C. The third-order valence-electron chi connectivity index (χ3n) is 7.18. The zero-order valence-electron chi connectivity index (χ0n) is 23.2. The quantitative estimate of drug-likeness (QED) is 0.0929. The van der Waals surface area contributed by atoms with Crippen LogP contribution in [-0.4, -0.2) is 33.3 Å². The molecule has 0 saturated heterocycles. The number of ether oxygens (including phenoxy) is 1. The number of unbranched alkanes of at least 4 members (excludes halogenated alkanes) is 5. The Morgan fingerprint density at radius 3 is 1.85 bits per heavy atom. The van der Waals surface area contributed by atoms with Crippen LogP contribution in [0.25, 0.3) is 0 Å². The zero-order valence-corrected chi connectivity index (χ0v) is 24.2. The summed E-state index contributed by atoms with van der Waals surface area (Å²) < 4.78 is 11.6. The van der Waals surface area contributed by atoms with E-state index >= 15 is 0 Å². The third-order valence-corrected chi connectivity index (χ3v) is 11.7. The minimum atomic E-state index is -1.69. The van der Waals surface area contributed by atoms with Crippen molar-refractivity contribution in [2.75, 3.05) is 13.2 Å². The molecule has 0 aliphatic heterocycles. The van der Waals surface area contributed by atoms with E-state index in [-0.39, 0.29) is 16.8 Å². The van der Waals surface area contributed by atoms with Gasteiger partial charge < -0.3 is 9.16 Å². The van der Waals surface area contributed by atoms with Crippen LogP contribution in [0.5, 0.6) is 0 Å². The van der Waals surface area contributed by atoms with Gasteiger partial charge in [0.05, 0.1) is 6.61 Å². The molecule has 0 heterocycles. The van der Waals surface area contributed by atoms with Gasteiger partial charge >= 0.3 is 5.97 Å². The van der Waals surface area contributed by atoms with Gasteiger partial charge in [0.25, 0.3) is 0 Å². The van der Waals surface area contributed by atoms with Gasteiger partial charge in [0, 0.05) is 25.9 Å². The first kappa shape index (κ1) is 32.3. The molecule has 0 aliphatic carbocycles. The predicted molar refractivity (Wildman–Crippen MR) is 143 cm³/mol. The van der Waals surface area contributed by atoms with E-state index in [4.69, 9.17) is 9.16 Å². The summed E-state index contributed by atoms with van der Waals surface area (Å²) in [5.74, 6) is 0.784. The van der Waals surface area contributed by atoms with E-state index in [1.54, 1.807) is 0 Å². The number of hydrogen-bond donors (Lipinski definition) is 0. The molecule has 0 atom stereocenters. The normalized spacial score (nSPS) is 12.4. The van der Waals surface area contributed by atoms with E-state index in [2.05, 4.69) is 47.7 Å². The van der Waals surface area contributed by atoms with E-state index in [1.807, 2.05) is 0 Å². The lowest BCUT2D eigenvalue weighted by Crippen LogP contribution is -2.40. The van der Waals surface area contributed by atoms with Crippen LogP contribution in [0.1, 0.15) is 131 Å². The number of esters is 1. The monoisotopic (exact) mass is 484 g/mol. The second-order valence-electron chi connectivity index (χ2n) is 11.3. The first-order valence-electron chi connectivity index (χ1n) is 13.8. The molecule has 0 aromatic heterocycles. The molecule has 33 heavy (non-hydrogen) atoms. The summed E-state index contributed by atoms with van der Waals surface area (Å²) in [7, 11) is -1.69. The van der Waals surface area contributed by atoms with Crippen molar-refractivity contribution >= 4 is 20.1 Å². The lowest BCUT2D eigenvalue weighted by Gasteiger charge is -2.36. The van der Waals surface area contributed by atoms with Gasteiger partial charge in [-0.25, -0.2) is 0 Å². The largest absolute Gasteiger partial charge is 0.466 e. The summed E-state index contributed by atoms with van der Waals surface area (Å²) in [5.41, 5.74) is 0. The van der Waals surface area contributed by atoms with Gasteiger partial charge in [-0.15, -0.1) is 0 Å². The van der Waals surface area contributed by atoms with E-state index in [0.29, 0.717) is 38.2 Å². The van der Waals surface area contributed by atoms with Crippen molar-refractivity contribution in [1.82, 2.24) is 0 Å². The molecule has 0 aromatic rings. The molecule has 0 fully saturated rings. The summed E-state index contributed by atoms with van der Waals surface area (Å²) >= 11 is 0. The van der Waals surface area contributed by atoms with Crippen LogP contribution < -0.4 is 0 Å². The summed E-state index contributed by atoms with van der Waals surface area (Å²) in [6.45, 7) is 17.0. The molecular formula is C28H56O4Si. The maximum atomic E-state index is 12.1. The predicted octanol–water partition coefficient (Wildman–Crippen LogP) is 8.63. The minimum Gasteiger partial charge on any atom is -0.466 e. The molecule has 0 spiro atoms. The summed E-state index contributed by atoms with van der Waals surface area (Å²) in [4.78, 5) is 24.2. The van der Waals surface area contributed by atoms with Crippen molar-refractivity contribution in [1.29, 1.82) is 0 Å². The van der Waals surface area contributed by atoms with Gasteiger partial charge in [-0.2, -0.15) is 0 Å². The molecule has 0 rings (SSSR count). The van der Waals surface area contributed by atoms with Crippen molar-refractivity contribution < 1.29 is 18.8 Å². The maximum absolute atomic E-state index is 12.1. The number of Topliss-reactive ketones (excluding diaryl/α,β-unsaturated/α-hetero) is 1. The number of ketones is 1. The van der Waals surface area contributed by atoms with E-state index in [0.717, 1.165) is 25.9 Å². The van der Waals surface area contributed by atoms with Crippen LogP contribution in [0.2, 0.25) is 18.1 Å². The van der Waals surface area contributed by atoms with Crippen LogP contribution in [0.15, 0.2) is 0 Å². The highest BCUT2D eigenvalue weighted by Crippen LogP contribution is 2.36. The maximum Gasteiger partial charge on any atom is 0.305 e. The molecule has 0 aliphatic rings. The first-order valence-corrected chi connectivity index (χ1v) is 16.8. The van der Waals surface area contributed by atoms with Crippen LogP contribution in [-0.2, 0) is 18.8 Å². The van der Waals surface area contributed by atoms with Gasteiger partial charge in [0.1, 0.15) is 5.78 Å². The Balaban J connectivity index is 3.89. The Kier molecular flexibility index (Phi) is 18.2. The fraction of sp³-hybridized carbons (Fsp3) is 0.929. The average molecular weight is 485 g/mol. The van der Waals surface area contributed by atoms with Gasteiger partial charge in [-0.1, -0.05) is 86.0 Å². The molecule has 196 valence electrons. The smallest absolute Gasteiger partial charge is 0.305 e. The summed E-state index contributed by atoms with van der Waals surface area (Å²) in [6.07, 6.45) is 15.0. The van der Waals surface area contributed by atoms with Gasteiger partial charge in [-0.3, -0.25) is 9.59 Å². The second-order valence-corrected chi connectivity index (χ2v) is 16.1. The first-order chi connectivity index (χ1) is 15.5. The summed E-state index contributed by atoms with van der Waals surface area (Å²) in [5, 5.41) is 0.225. The van der Waals surface area contributed by atoms with Crippen molar-refractivity contribution in [2.45, 2.75) is 149 Å². The highest BCUT2D eigenvalue weighted by molar-refractivity contribution is 6.74. The van der Waals surface area contributed by atoms with E-state index < -0.39 is 8.32 Å². The Labute approximate surface area is 207 Å². The zero-order chi connectivity index (χ0) is 25.2. The lowest BCUT2D eigenvalue weighted by atomic mass is 9.92.